The minimum atomic E-state index is -3.18. The number of aryl methyl sites for hydroxylation is 1. The van der Waals surface area contributed by atoms with Crippen LogP contribution < -0.4 is 4.74 Å². The molecule has 1 unspecified atom stereocenters. The first kappa shape index (κ1) is 18.8. The third-order valence-electron chi connectivity index (χ3n) is 4.56. The highest BCUT2D eigenvalue weighted by molar-refractivity contribution is 7.89. The van der Waals surface area contributed by atoms with E-state index in [0.717, 1.165) is 24.2 Å². The summed E-state index contributed by atoms with van der Waals surface area (Å²) in [6.45, 7) is 5.13. The fourth-order valence-electron chi connectivity index (χ4n) is 3.08. The van der Waals surface area contributed by atoms with Crippen LogP contribution >= 0.6 is 0 Å². The molecule has 1 aliphatic heterocycles. The van der Waals surface area contributed by atoms with Crippen molar-refractivity contribution in [3.63, 3.8) is 0 Å². The zero-order chi connectivity index (χ0) is 18.6. The zero-order valence-corrected chi connectivity index (χ0v) is 16.0. The molecule has 142 valence electrons. The Morgan fingerprint density at radius 3 is 3.00 bits per heavy atom. The van der Waals surface area contributed by atoms with Gasteiger partial charge in [-0.05, 0) is 44.4 Å². The lowest BCUT2D eigenvalue weighted by molar-refractivity contribution is 0.264. The maximum Gasteiger partial charge on any atom is 0.231 e. The molecule has 0 spiro atoms. The van der Waals surface area contributed by atoms with Crippen molar-refractivity contribution < 1.29 is 17.7 Å². The second-order valence-corrected chi connectivity index (χ2v) is 8.82. The van der Waals surface area contributed by atoms with E-state index in [9.17, 15) is 8.42 Å². The molecule has 0 amide bonds. The Hall–Kier alpha value is -1.93. The van der Waals surface area contributed by atoms with E-state index in [2.05, 4.69) is 10.1 Å². The highest BCUT2D eigenvalue weighted by Crippen LogP contribution is 2.27. The van der Waals surface area contributed by atoms with Crippen molar-refractivity contribution >= 4 is 10.0 Å². The zero-order valence-electron chi connectivity index (χ0n) is 15.2. The van der Waals surface area contributed by atoms with Crippen molar-refractivity contribution in [2.45, 2.75) is 39.0 Å². The van der Waals surface area contributed by atoms with Gasteiger partial charge in [0.1, 0.15) is 5.75 Å². The molecule has 26 heavy (non-hydrogen) atoms. The molecule has 2 heterocycles. The van der Waals surface area contributed by atoms with E-state index in [-0.39, 0.29) is 11.7 Å². The standard InChI is InChI=1S/C18H25N3O4S/c1-3-26(22,23)21-10-5-7-15(13-21)18-19-17(20-25-18)9-11-24-16-8-4-6-14(2)12-16/h4,6,8,12,15H,3,5,7,9-11,13H2,1-2H3. The lowest BCUT2D eigenvalue weighted by atomic mass is 10.00. The minimum absolute atomic E-state index is 0.0379. The van der Waals surface area contributed by atoms with Crippen molar-refractivity contribution in [2.24, 2.45) is 0 Å². The van der Waals surface area contributed by atoms with Crippen LogP contribution in [0.5, 0.6) is 5.75 Å². The number of aromatic nitrogens is 2. The predicted molar refractivity (Wildman–Crippen MR) is 97.7 cm³/mol. The van der Waals surface area contributed by atoms with E-state index in [4.69, 9.17) is 9.26 Å². The van der Waals surface area contributed by atoms with Gasteiger partial charge < -0.3 is 9.26 Å². The molecule has 8 heteroatoms. The van der Waals surface area contributed by atoms with Gasteiger partial charge in [-0.3, -0.25) is 0 Å². The average molecular weight is 379 g/mol. The Balaban J connectivity index is 1.55. The molecule has 0 radical (unpaired) electrons. The van der Waals surface area contributed by atoms with Gasteiger partial charge in [-0.25, -0.2) is 12.7 Å². The number of ether oxygens (including phenoxy) is 1. The van der Waals surface area contributed by atoms with Crippen LogP contribution in [-0.4, -0.2) is 48.3 Å². The topological polar surface area (TPSA) is 85.5 Å². The van der Waals surface area contributed by atoms with Gasteiger partial charge in [0.25, 0.3) is 0 Å². The summed E-state index contributed by atoms with van der Waals surface area (Å²) in [6.07, 6.45) is 2.20. The maximum atomic E-state index is 12.1. The summed E-state index contributed by atoms with van der Waals surface area (Å²) in [5.74, 6) is 2.01. The number of benzene rings is 1. The molecule has 1 atom stereocenters. The van der Waals surface area contributed by atoms with Crippen LogP contribution in [0, 0.1) is 6.92 Å². The predicted octanol–water partition coefficient (Wildman–Crippen LogP) is 2.53. The van der Waals surface area contributed by atoms with E-state index in [1.807, 2.05) is 31.2 Å². The molecule has 3 rings (SSSR count). The van der Waals surface area contributed by atoms with Crippen molar-refractivity contribution in [3.05, 3.63) is 41.5 Å². The van der Waals surface area contributed by atoms with E-state index < -0.39 is 10.0 Å². The molecule has 7 nitrogen and oxygen atoms in total. The van der Waals surface area contributed by atoms with Gasteiger partial charge >= 0.3 is 0 Å². The van der Waals surface area contributed by atoms with Gasteiger partial charge in [0.05, 0.1) is 18.3 Å². The lowest BCUT2D eigenvalue weighted by Gasteiger charge is -2.29. The van der Waals surface area contributed by atoms with Gasteiger partial charge in [-0.1, -0.05) is 17.3 Å². The Morgan fingerprint density at radius 1 is 1.38 bits per heavy atom. The van der Waals surface area contributed by atoms with Gasteiger partial charge in [-0.2, -0.15) is 4.98 Å². The second kappa shape index (κ2) is 8.18. The summed E-state index contributed by atoms with van der Waals surface area (Å²) in [7, 11) is -3.18. The molecular weight excluding hydrogens is 354 g/mol. The van der Waals surface area contributed by atoms with Crippen LogP contribution in [0.15, 0.2) is 28.8 Å². The van der Waals surface area contributed by atoms with Crippen molar-refractivity contribution in [1.29, 1.82) is 0 Å². The SMILES string of the molecule is CCS(=O)(=O)N1CCCC(c2nc(CCOc3cccc(C)c3)no2)C1. The molecule has 2 aromatic rings. The highest BCUT2D eigenvalue weighted by Gasteiger charge is 2.31. The molecule has 0 aliphatic carbocycles. The number of hydrogen-bond acceptors (Lipinski definition) is 6. The summed E-state index contributed by atoms with van der Waals surface area (Å²) in [4.78, 5) is 4.45. The number of piperidine rings is 1. The Kier molecular flexibility index (Phi) is 5.93. The Bertz CT molecular complexity index is 834. The van der Waals surface area contributed by atoms with E-state index in [0.29, 0.717) is 37.8 Å². The minimum Gasteiger partial charge on any atom is -0.493 e. The van der Waals surface area contributed by atoms with Crippen LogP contribution in [0.2, 0.25) is 0 Å². The molecule has 1 saturated heterocycles. The normalized spacial score (nSPS) is 18.8. The highest BCUT2D eigenvalue weighted by atomic mass is 32.2. The molecule has 1 aromatic carbocycles. The number of nitrogens with zero attached hydrogens (tertiary/aromatic N) is 3. The number of rotatable bonds is 7. The fraction of sp³-hybridized carbons (Fsp3) is 0.556. The molecule has 0 bridgehead atoms. The van der Waals surface area contributed by atoms with Crippen LogP contribution in [0.4, 0.5) is 0 Å². The largest absolute Gasteiger partial charge is 0.493 e. The smallest absolute Gasteiger partial charge is 0.231 e. The third-order valence-corrected chi connectivity index (χ3v) is 6.41. The number of sulfonamides is 1. The first-order valence-electron chi connectivity index (χ1n) is 8.97. The number of hydrogen-bond donors (Lipinski definition) is 0. The quantitative estimate of drug-likeness (QED) is 0.735. The summed E-state index contributed by atoms with van der Waals surface area (Å²) in [5.41, 5.74) is 1.15. The summed E-state index contributed by atoms with van der Waals surface area (Å²) < 4.78 is 36.8. The fourth-order valence-corrected chi connectivity index (χ4v) is 4.26. The van der Waals surface area contributed by atoms with Crippen LogP contribution in [0.1, 0.15) is 43.0 Å². The maximum absolute atomic E-state index is 12.1. The van der Waals surface area contributed by atoms with Gasteiger partial charge in [0.15, 0.2) is 5.82 Å². The van der Waals surface area contributed by atoms with Gasteiger partial charge in [0, 0.05) is 19.5 Å². The molecular formula is C18H25N3O4S. The molecule has 1 aliphatic rings. The monoisotopic (exact) mass is 379 g/mol. The van der Waals surface area contributed by atoms with Crippen LogP contribution in [0.3, 0.4) is 0 Å². The van der Waals surface area contributed by atoms with Crippen LogP contribution in [-0.2, 0) is 16.4 Å². The van der Waals surface area contributed by atoms with Crippen molar-refractivity contribution in [3.8, 4) is 5.75 Å². The first-order chi connectivity index (χ1) is 12.5. The first-order valence-corrected chi connectivity index (χ1v) is 10.6. The molecule has 0 saturated carbocycles. The summed E-state index contributed by atoms with van der Waals surface area (Å²) >= 11 is 0. The summed E-state index contributed by atoms with van der Waals surface area (Å²) in [5, 5.41) is 4.01. The summed E-state index contributed by atoms with van der Waals surface area (Å²) in [6, 6.07) is 7.87. The molecule has 1 aromatic heterocycles. The third kappa shape index (κ3) is 4.62. The average Bonchev–Trinajstić information content (AvgIpc) is 3.11. The molecule has 1 fully saturated rings. The second-order valence-electron chi connectivity index (χ2n) is 6.56. The Morgan fingerprint density at radius 2 is 2.23 bits per heavy atom. The van der Waals surface area contributed by atoms with Crippen LogP contribution in [0.25, 0.3) is 0 Å². The van der Waals surface area contributed by atoms with E-state index in [1.54, 1.807) is 6.92 Å². The van der Waals surface area contributed by atoms with Gasteiger partial charge in [0.2, 0.25) is 15.9 Å². The van der Waals surface area contributed by atoms with Crippen molar-refractivity contribution in [2.75, 3.05) is 25.4 Å². The van der Waals surface area contributed by atoms with Crippen molar-refractivity contribution in [1.82, 2.24) is 14.4 Å². The van der Waals surface area contributed by atoms with E-state index in [1.165, 1.54) is 4.31 Å². The van der Waals surface area contributed by atoms with Gasteiger partial charge in [-0.15, -0.1) is 0 Å². The van der Waals surface area contributed by atoms with E-state index >= 15 is 0 Å². The molecule has 0 N–H and O–H groups in total. The Labute approximate surface area is 154 Å². The lowest BCUT2D eigenvalue weighted by Crippen LogP contribution is -2.39.